The first-order valence-corrected chi connectivity index (χ1v) is 7.22. The summed E-state index contributed by atoms with van der Waals surface area (Å²) in [6, 6.07) is 7.92. The van der Waals surface area contributed by atoms with Gasteiger partial charge in [-0.05, 0) is 43.4 Å². The van der Waals surface area contributed by atoms with Gasteiger partial charge in [-0.2, -0.15) is 0 Å². The minimum absolute atomic E-state index is 0.0516. The summed E-state index contributed by atoms with van der Waals surface area (Å²) < 4.78 is 5.18. The summed E-state index contributed by atoms with van der Waals surface area (Å²) in [6.07, 6.45) is 6.97. The molecule has 0 amide bonds. The van der Waals surface area contributed by atoms with Gasteiger partial charge in [0.25, 0.3) is 0 Å². The number of hydrogen-bond donors (Lipinski definition) is 1. The average Bonchev–Trinajstić information content (AvgIpc) is 2.49. The van der Waals surface area contributed by atoms with Crippen LogP contribution in [-0.2, 0) is 0 Å². The van der Waals surface area contributed by atoms with E-state index in [-0.39, 0.29) is 5.92 Å². The van der Waals surface area contributed by atoms with E-state index in [9.17, 15) is 5.11 Å². The Morgan fingerprint density at radius 3 is 2.40 bits per heavy atom. The zero-order valence-electron chi connectivity index (χ0n) is 12.6. The van der Waals surface area contributed by atoms with Crippen molar-refractivity contribution in [1.29, 1.82) is 0 Å². The molecule has 2 nitrogen and oxygen atoms in total. The van der Waals surface area contributed by atoms with Gasteiger partial charge in [-0.15, -0.1) is 13.2 Å². The minimum atomic E-state index is -0.869. The van der Waals surface area contributed by atoms with Crippen LogP contribution in [0.5, 0.6) is 5.75 Å². The molecule has 0 saturated heterocycles. The van der Waals surface area contributed by atoms with Crippen LogP contribution in [0.15, 0.2) is 49.6 Å². The molecule has 0 spiro atoms. The van der Waals surface area contributed by atoms with Crippen LogP contribution in [0.2, 0.25) is 0 Å². The standard InChI is InChI=1S/C18H26O2/c1-5-8-9-14-18(19,7-3)17(6-2)15-10-12-16(20-4)13-11-15/h5,7,10-13,17,19H,1,3,6,8-9,14H2,2,4H3/t17-,18?/m0/s1. The maximum Gasteiger partial charge on any atom is 0.118 e. The van der Waals surface area contributed by atoms with Gasteiger partial charge in [-0.25, -0.2) is 0 Å². The first kappa shape index (κ1) is 16.5. The van der Waals surface area contributed by atoms with E-state index in [0.717, 1.165) is 30.6 Å². The number of unbranched alkanes of at least 4 members (excludes halogenated alkanes) is 1. The van der Waals surface area contributed by atoms with Crippen molar-refractivity contribution < 1.29 is 9.84 Å². The largest absolute Gasteiger partial charge is 0.497 e. The van der Waals surface area contributed by atoms with Crippen molar-refractivity contribution in [3.05, 3.63) is 55.1 Å². The Morgan fingerprint density at radius 1 is 1.30 bits per heavy atom. The zero-order chi connectivity index (χ0) is 15.0. The Balaban J connectivity index is 2.94. The van der Waals surface area contributed by atoms with Crippen LogP contribution in [0.1, 0.15) is 44.1 Å². The van der Waals surface area contributed by atoms with Crippen LogP contribution in [0.3, 0.4) is 0 Å². The molecule has 1 rings (SSSR count). The van der Waals surface area contributed by atoms with Gasteiger partial charge in [-0.3, -0.25) is 0 Å². The van der Waals surface area contributed by atoms with E-state index in [2.05, 4.69) is 20.1 Å². The summed E-state index contributed by atoms with van der Waals surface area (Å²) in [5.74, 6) is 0.883. The van der Waals surface area contributed by atoms with Gasteiger partial charge >= 0.3 is 0 Å². The number of allylic oxidation sites excluding steroid dienone is 1. The highest BCUT2D eigenvalue weighted by Gasteiger charge is 2.33. The third-order valence-electron chi connectivity index (χ3n) is 3.87. The quantitative estimate of drug-likeness (QED) is 0.532. The molecule has 20 heavy (non-hydrogen) atoms. The normalized spacial score (nSPS) is 15.2. The van der Waals surface area contributed by atoms with E-state index < -0.39 is 5.60 Å². The van der Waals surface area contributed by atoms with Gasteiger partial charge in [0, 0.05) is 5.92 Å². The molecule has 0 bridgehead atoms. The first-order chi connectivity index (χ1) is 9.61. The predicted molar refractivity (Wildman–Crippen MR) is 85.2 cm³/mol. The molecular weight excluding hydrogens is 248 g/mol. The Bertz CT molecular complexity index is 422. The van der Waals surface area contributed by atoms with Gasteiger partial charge < -0.3 is 9.84 Å². The molecule has 110 valence electrons. The smallest absolute Gasteiger partial charge is 0.118 e. The Kier molecular flexibility index (Phi) is 6.53. The third kappa shape index (κ3) is 3.97. The lowest BCUT2D eigenvalue weighted by atomic mass is 9.77. The number of benzene rings is 1. The Morgan fingerprint density at radius 2 is 1.95 bits per heavy atom. The van der Waals surface area contributed by atoms with Gasteiger partial charge in [-0.1, -0.05) is 31.2 Å². The summed E-state index contributed by atoms with van der Waals surface area (Å²) in [4.78, 5) is 0. The fourth-order valence-electron chi connectivity index (χ4n) is 2.66. The molecule has 0 aliphatic carbocycles. The highest BCUT2D eigenvalue weighted by atomic mass is 16.5. The monoisotopic (exact) mass is 274 g/mol. The second kappa shape index (κ2) is 7.91. The van der Waals surface area contributed by atoms with E-state index in [1.54, 1.807) is 13.2 Å². The highest BCUT2D eigenvalue weighted by molar-refractivity contribution is 5.32. The molecule has 2 heteroatoms. The molecule has 0 aromatic heterocycles. The van der Waals surface area contributed by atoms with E-state index in [4.69, 9.17) is 4.74 Å². The predicted octanol–water partition coefficient (Wildman–Crippen LogP) is 4.46. The Labute approximate surface area is 122 Å². The summed E-state index contributed by atoms with van der Waals surface area (Å²) in [7, 11) is 1.65. The molecule has 0 heterocycles. The van der Waals surface area contributed by atoms with E-state index in [0.29, 0.717) is 6.42 Å². The molecular formula is C18H26O2. The van der Waals surface area contributed by atoms with Gasteiger partial charge in [0.15, 0.2) is 0 Å². The second-order valence-corrected chi connectivity index (χ2v) is 5.11. The highest BCUT2D eigenvalue weighted by Crippen LogP contribution is 2.36. The molecule has 1 aromatic rings. The lowest BCUT2D eigenvalue weighted by Gasteiger charge is -2.33. The van der Waals surface area contributed by atoms with E-state index in [1.807, 2.05) is 30.3 Å². The van der Waals surface area contributed by atoms with Crippen LogP contribution in [0, 0.1) is 0 Å². The van der Waals surface area contributed by atoms with Gasteiger partial charge in [0.05, 0.1) is 12.7 Å². The fraction of sp³-hybridized carbons (Fsp3) is 0.444. The molecule has 0 aliphatic rings. The zero-order valence-corrected chi connectivity index (χ0v) is 12.6. The SMILES string of the molecule is C=CCCCC(O)(C=C)[C@@H](CC)c1ccc(OC)cc1. The molecule has 0 aliphatic heterocycles. The van der Waals surface area contributed by atoms with Crippen molar-refractivity contribution in [2.24, 2.45) is 0 Å². The molecule has 1 N–H and O–H groups in total. The third-order valence-corrected chi connectivity index (χ3v) is 3.87. The number of ether oxygens (including phenoxy) is 1. The number of rotatable bonds is 9. The summed E-state index contributed by atoms with van der Waals surface area (Å²) >= 11 is 0. The maximum atomic E-state index is 10.9. The van der Waals surface area contributed by atoms with Crippen molar-refractivity contribution in [3.63, 3.8) is 0 Å². The fourth-order valence-corrected chi connectivity index (χ4v) is 2.66. The van der Waals surface area contributed by atoms with Crippen LogP contribution < -0.4 is 4.74 Å². The van der Waals surface area contributed by atoms with E-state index >= 15 is 0 Å². The van der Waals surface area contributed by atoms with Crippen molar-refractivity contribution in [3.8, 4) is 5.75 Å². The molecule has 0 fully saturated rings. The lowest BCUT2D eigenvalue weighted by molar-refractivity contribution is 0.0485. The maximum absolute atomic E-state index is 10.9. The molecule has 0 saturated carbocycles. The Hall–Kier alpha value is -1.54. The van der Waals surface area contributed by atoms with Crippen LogP contribution in [0.4, 0.5) is 0 Å². The van der Waals surface area contributed by atoms with Crippen molar-refractivity contribution in [1.82, 2.24) is 0 Å². The van der Waals surface area contributed by atoms with Crippen LogP contribution in [0.25, 0.3) is 0 Å². The number of aliphatic hydroxyl groups is 1. The average molecular weight is 274 g/mol. The summed E-state index contributed by atoms with van der Waals surface area (Å²) in [6.45, 7) is 9.66. The first-order valence-electron chi connectivity index (χ1n) is 7.22. The van der Waals surface area contributed by atoms with E-state index in [1.165, 1.54) is 0 Å². The molecule has 0 radical (unpaired) electrons. The van der Waals surface area contributed by atoms with Gasteiger partial charge in [0.2, 0.25) is 0 Å². The molecule has 1 unspecified atom stereocenters. The number of methoxy groups -OCH3 is 1. The van der Waals surface area contributed by atoms with Crippen LogP contribution in [-0.4, -0.2) is 17.8 Å². The van der Waals surface area contributed by atoms with Crippen molar-refractivity contribution >= 4 is 0 Å². The van der Waals surface area contributed by atoms with Crippen molar-refractivity contribution in [2.75, 3.05) is 7.11 Å². The lowest BCUT2D eigenvalue weighted by Crippen LogP contribution is -2.33. The van der Waals surface area contributed by atoms with Gasteiger partial charge in [0.1, 0.15) is 5.75 Å². The second-order valence-electron chi connectivity index (χ2n) is 5.11. The topological polar surface area (TPSA) is 29.5 Å². The molecule has 2 atom stereocenters. The summed E-state index contributed by atoms with van der Waals surface area (Å²) in [5, 5.41) is 10.9. The van der Waals surface area contributed by atoms with Crippen molar-refractivity contribution in [2.45, 2.75) is 44.1 Å². The minimum Gasteiger partial charge on any atom is -0.497 e. The van der Waals surface area contributed by atoms with Crippen LogP contribution >= 0.6 is 0 Å². The molecule has 1 aromatic carbocycles. The number of hydrogen-bond acceptors (Lipinski definition) is 2. The summed E-state index contributed by atoms with van der Waals surface area (Å²) in [5.41, 5.74) is 0.251.